The third-order valence-electron chi connectivity index (χ3n) is 3.21. The molecule has 2 rings (SSSR count). The van der Waals surface area contributed by atoms with Gasteiger partial charge in [0.05, 0.1) is 7.11 Å². The Morgan fingerprint density at radius 1 is 1.28 bits per heavy atom. The van der Waals surface area contributed by atoms with Crippen LogP contribution in [0, 0.1) is 0 Å². The predicted molar refractivity (Wildman–Crippen MR) is 115 cm³/mol. The fourth-order valence-corrected chi connectivity index (χ4v) is 2.31. The first-order valence-corrected chi connectivity index (χ1v) is 9.23. The zero-order valence-corrected chi connectivity index (χ0v) is 17.9. The van der Waals surface area contributed by atoms with Gasteiger partial charge in [0.25, 0.3) is 0 Å². The summed E-state index contributed by atoms with van der Waals surface area (Å²) >= 11 is 1.80. The van der Waals surface area contributed by atoms with E-state index in [0.29, 0.717) is 12.4 Å². The van der Waals surface area contributed by atoms with Gasteiger partial charge < -0.3 is 15.4 Å². The molecule has 9 heteroatoms. The van der Waals surface area contributed by atoms with Crippen molar-refractivity contribution in [2.24, 2.45) is 4.99 Å². The lowest BCUT2D eigenvalue weighted by Crippen LogP contribution is -2.38. The summed E-state index contributed by atoms with van der Waals surface area (Å²) < 4.78 is 5.16. The minimum atomic E-state index is 0. The van der Waals surface area contributed by atoms with E-state index in [0.717, 1.165) is 41.9 Å². The molecule has 0 saturated carbocycles. The Hall–Kier alpha value is -1.49. The maximum atomic E-state index is 5.16. The van der Waals surface area contributed by atoms with Crippen LogP contribution in [0.2, 0.25) is 0 Å². The van der Waals surface area contributed by atoms with Crippen molar-refractivity contribution >= 4 is 41.7 Å². The number of nitrogens with one attached hydrogen (secondary N) is 3. The molecule has 0 unspecified atom stereocenters. The summed E-state index contributed by atoms with van der Waals surface area (Å²) in [6.45, 7) is 4.18. The van der Waals surface area contributed by atoms with Crippen molar-refractivity contribution in [2.45, 2.75) is 13.5 Å². The van der Waals surface area contributed by atoms with Crippen molar-refractivity contribution in [3.63, 3.8) is 0 Å². The molecular formula is C16H25IN6OS. The van der Waals surface area contributed by atoms with E-state index in [1.54, 1.807) is 18.9 Å². The second-order valence-electron chi connectivity index (χ2n) is 4.95. The minimum absolute atomic E-state index is 0. The van der Waals surface area contributed by atoms with Crippen molar-refractivity contribution in [3.05, 3.63) is 30.1 Å². The maximum Gasteiger partial charge on any atom is 0.191 e. The lowest BCUT2D eigenvalue weighted by atomic mass is 10.2. The average molecular weight is 476 g/mol. The number of rotatable bonds is 8. The van der Waals surface area contributed by atoms with Crippen LogP contribution in [0.4, 0.5) is 0 Å². The number of aliphatic imine (C=N–C) groups is 1. The summed E-state index contributed by atoms with van der Waals surface area (Å²) in [7, 11) is 1.65. The summed E-state index contributed by atoms with van der Waals surface area (Å²) in [5.74, 6) is 4.01. The van der Waals surface area contributed by atoms with Crippen LogP contribution in [-0.2, 0) is 6.54 Å². The number of hydrogen-bond donors (Lipinski definition) is 3. The molecule has 0 radical (unpaired) electrons. The van der Waals surface area contributed by atoms with Crippen LogP contribution in [0.15, 0.2) is 29.3 Å². The number of halogens is 1. The highest BCUT2D eigenvalue weighted by molar-refractivity contribution is 14.0. The number of benzene rings is 1. The molecule has 0 aliphatic heterocycles. The fourth-order valence-electron chi connectivity index (χ4n) is 2.00. The first kappa shape index (κ1) is 21.6. The van der Waals surface area contributed by atoms with Crippen molar-refractivity contribution in [3.8, 4) is 17.1 Å². The third-order valence-corrected chi connectivity index (χ3v) is 3.82. The lowest BCUT2D eigenvalue weighted by molar-refractivity contribution is 0.415. The third kappa shape index (κ3) is 7.10. The number of H-pyrrole nitrogens is 1. The van der Waals surface area contributed by atoms with Crippen molar-refractivity contribution in [1.82, 2.24) is 25.8 Å². The van der Waals surface area contributed by atoms with Crippen LogP contribution in [0.25, 0.3) is 11.4 Å². The van der Waals surface area contributed by atoms with Gasteiger partial charge in [-0.3, -0.25) is 5.10 Å². The van der Waals surface area contributed by atoms with Gasteiger partial charge in [-0.05, 0) is 37.4 Å². The highest BCUT2D eigenvalue weighted by Crippen LogP contribution is 2.18. The van der Waals surface area contributed by atoms with E-state index < -0.39 is 0 Å². The Morgan fingerprint density at radius 3 is 2.68 bits per heavy atom. The van der Waals surface area contributed by atoms with Crippen molar-refractivity contribution in [2.75, 3.05) is 32.2 Å². The van der Waals surface area contributed by atoms with Gasteiger partial charge in [-0.2, -0.15) is 16.9 Å². The number of thioether (sulfide) groups is 1. The second kappa shape index (κ2) is 12.0. The summed E-state index contributed by atoms with van der Waals surface area (Å²) in [5, 5.41) is 13.7. The normalized spacial score (nSPS) is 10.9. The molecule has 0 spiro atoms. The number of aromatic nitrogens is 3. The van der Waals surface area contributed by atoms with Gasteiger partial charge in [-0.1, -0.05) is 0 Å². The van der Waals surface area contributed by atoms with Gasteiger partial charge in [0.1, 0.15) is 18.1 Å². The number of nitrogens with zero attached hydrogens (tertiary/aromatic N) is 3. The Morgan fingerprint density at radius 2 is 2.04 bits per heavy atom. The molecular weight excluding hydrogens is 451 g/mol. The van der Waals surface area contributed by atoms with Crippen LogP contribution in [0.5, 0.6) is 5.75 Å². The number of aromatic amines is 1. The Balaban J connectivity index is 0.00000312. The van der Waals surface area contributed by atoms with Gasteiger partial charge in [0, 0.05) is 24.4 Å². The van der Waals surface area contributed by atoms with Crippen molar-refractivity contribution in [1.29, 1.82) is 0 Å². The molecule has 0 fully saturated rings. The molecule has 2 aromatic rings. The van der Waals surface area contributed by atoms with E-state index in [-0.39, 0.29) is 24.0 Å². The van der Waals surface area contributed by atoms with Gasteiger partial charge in [-0.25, -0.2) is 9.98 Å². The first-order valence-electron chi connectivity index (χ1n) is 7.83. The molecule has 0 bridgehead atoms. The zero-order chi connectivity index (χ0) is 17.2. The van der Waals surface area contributed by atoms with E-state index in [4.69, 9.17) is 4.74 Å². The molecule has 0 saturated heterocycles. The zero-order valence-electron chi connectivity index (χ0n) is 14.7. The van der Waals surface area contributed by atoms with Crippen molar-refractivity contribution < 1.29 is 4.74 Å². The predicted octanol–water partition coefficient (Wildman–Crippen LogP) is 2.52. The van der Waals surface area contributed by atoms with E-state index in [2.05, 4.69) is 37.1 Å². The topological polar surface area (TPSA) is 87.2 Å². The molecule has 0 atom stereocenters. The van der Waals surface area contributed by atoms with E-state index in [1.165, 1.54) is 0 Å². The minimum Gasteiger partial charge on any atom is -0.497 e. The van der Waals surface area contributed by atoms with E-state index in [9.17, 15) is 0 Å². The Kier molecular flexibility index (Phi) is 10.3. The number of ether oxygens (including phenoxy) is 1. The van der Waals surface area contributed by atoms with E-state index in [1.807, 2.05) is 31.2 Å². The van der Waals surface area contributed by atoms with E-state index >= 15 is 0 Å². The van der Waals surface area contributed by atoms with Gasteiger partial charge >= 0.3 is 0 Å². The number of methoxy groups -OCH3 is 1. The quantitative estimate of drug-likeness (QED) is 0.235. The molecule has 0 aliphatic carbocycles. The molecule has 25 heavy (non-hydrogen) atoms. The highest BCUT2D eigenvalue weighted by atomic mass is 127. The molecule has 1 aromatic carbocycles. The highest BCUT2D eigenvalue weighted by Gasteiger charge is 2.06. The van der Waals surface area contributed by atoms with Crippen LogP contribution in [0.3, 0.4) is 0 Å². The molecule has 1 heterocycles. The summed E-state index contributed by atoms with van der Waals surface area (Å²) in [5.41, 5.74) is 0.937. The molecule has 0 aliphatic rings. The summed E-state index contributed by atoms with van der Waals surface area (Å²) in [6, 6.07) is 7.65. The van der Waals surface area contributed by atoms with Gasteiger partial charge in [-0.15, -0.1) is 24.0 Å². The molecule has 3 N–H and O–H groups in total. The van der Waals surface area contributed by atoms with Crippen LogP contribution >= 0.6 is 35.7 Å². The second-order valence-corrected chi connectivity index (χ2v) is 5.93. The maximum absolute atomic E-state index is 5.16. The average Bonchev–Trinajstić information content (AvgIpc) is 3.09. The lowest BCUT2D eigenvalue weighted by Gasteiger charge is -2.09. The molecule has 138 valence electrons. The van der Waals surface area contributed by atoms with Crippen LogP contribution < -0.4 is 15.4 Å². The number of guanidine groups is 1. The fraction of sp³-hybridized carbons (Fsp3) is 0.438. The number of hydrogen-bond acceptors (Lipinski definition) is 5. The molecule has 1 aromatic heterocycles. The first-order chi connectivity index (χ1) is 11.8. The molecule has 0 amide bonds. The van der Waals surface area contributed by atoms with Gasteiger partial charge in [0.2, 0.25) is 0 Å². The molecule has 7 nitrogen and oxygen atoms in total. The Labute approximate surface area is 169 Å². The monoisotopic (exact) mass is 476 g/mol. The van der Waals surface area contributed by atoms with Crippen LogP contribution in [-0.4, -0.2) is 53.3 Å². The SMILES string of the molecule is CCNC(=NCc1nc(-c2ccc(OC)cc2)n[nH]1)NCCSC.I. The van der Waals surface area contributed by atoms with Gasteiger partial charge in [0.15, 0.2) is 11.8 Å². The smallest absolute Gasteiger partial charge is 0.191 e. The standard InChI is InChI=1S/C16H24N6OS.HI/c1-4-17-16(18-9-10-24-3)19-11-14-20-15(22-21-14)12-5-7-13(23-2)8-6-12;/h5-8H,4,9-11H2,1-3H3,(H2,17,18,19)(H,20,21,22);1H. The Bertz CT molecular complexity index is 646. The largest absolute Gasteiger partial charge is 0.497 e. The summed E-state index contributed by atoms with van der Waals surface area (Å²) in [4.78, 5) is 9.01. The van der Waals surface area contributed by atoms with Crippen LogP contribution in [0.1, 0.15) is 12.7 Å². The summed E-state index contributed by atoms with van der Waals surface area (Å²) in [6.07, 6.45) is 2.08.